The van der Waals surface area contributed by atoms with Crippen LogP contribution in [0.15, 0.2) is 72.9 Å². The molecule has 2 unspecified atom stereocenters. The van der Waals surface area contributed by atoms with E-state index in [1.165, 1.54) is 70.6 Å². The normalized spacial score (nSPS) is 14.6. The van der Waals surface area contributed by atoms with Crippen molar-refractivity contribution in [2.24, 2.45) is 0 Å². The van der Waals surface area contributed by atoms with Gasteiger partial charge in [-0.1, -0.05) is 138 Å². The predicted molar refractivity (Wildman–Crippen MR) is 224 cm³/mol. The summed E-state index contributed by atoms with van der Waals surface area (Å²) in [4.78, 5) is 22.8. The Morgan fingerprint density at radius 2 is 1.09 bits per heavy atom. The van der Waals surface area contributed by atoms with Crippen molar-refractivity contribution in [3.05, 3.63) is 72.9 Å². The number of phosphoric acid groups is 1. The average molecular weight is 765 g/mol. The number of carbonyl (C=O) groups excluding carboxylic acids is 1. The molecular weight excluding hydrogens is 685 g/mol. The van der Waals surface area contributed by atoms with Gasteiger partial charge in [0.15, 0.2) is 0 Å². The lowest BCUT2D eigenvalue weighted by atomic mass is 10.1. The van der Waals surface area contributed by atoms with Crippen LogP contribution in [0.1, 0.15) is 142 Å². The summed E-state index contributed by atoms with van der Waals surface area (Å²) in [5, 5.41) is 0. The van der Waals surface area contributed by atoms with Crippen LogP contribution in [-0.4, -0.2) is 75.6 Å². The maximum absolute atomic E-state index is 12.6. The molecule has 8 nitrogen and oxygen atoms in total. The van der Waals surface area contributed by atoms with Crippen LogP contribution in [0.3, 0.4) is 0 Å². The summed E-state index contributed by atoms with van der Waals surface area (Å²) in [5.41, 5.74) is 0. The predicted octanol–water partition coefficient (Wildman–Crippen LogP) is 11.9. The summed E-state index contributed by atoms with van der Waals surface area (Å²) in [6.07, 6.45) is 46.7. The number of carbonyl (C=O) groups is 1. The van der Waals surface area contributed by atoms with Crippen molar-refractivity contribution in [1.82, 2.24) is 0 Å². The van der Waals surface area contributed by atoms with Crippen LogP contribution in [0.2, 0.25) is 0 Å². The highest BCUT2D eigenvalue weighted by atomic mass is 31.2. The summed E-state index contributed by atoms with van der Waals surface area (Å²) >= 11 is 0. The number of ether oxygens (including phenoxy) is 2. The van der Waals surface area contributed by atoms with Crippen LogP contribution in [0.5, 0.6) is 0 Å². The number of esters is 1. The first-order valence-electron chi connectivity index (χ1n) is 20.7. The van der Waals surface area contributed by atoms with Crippen LogP contribution in [-0.2, 0) is 27.9 Å². The van der Waals surface area contributed by atoms with Gasteiger partial charge in [-0.25, -0.2) is 4.57 Å². The zero-order valence-electron chi connectivity index (χ0n) is 34.5. The van der Waals surface area contributed by atoms with Gasteiger partial charge in [0.05, 0.1) is 34.4 Å². The van der Waals surface area contributed by atoms with E-state index in [-0.39, 0.29) is 26.2 Å². The Labute approximate surface area is 325 Å². The summed E-state index contributed by atoms with van der Waals surface area (Å²) in [7, 11) is 1.61. The molecule has 0 aromatic heterocycles. The van der Waals surface area contributed by atoms with Crippen molar-refractivity contribution in [1.29, 1.82) is 0 Å². The number of unbranched alkanes of at least 4 members (excludes halogenated alkanes) is 11. The lowest BCUT2D eigenvalue weighted by Crippen LogP contribution is -2.37. The summed E-state index contributed by atoms with van der Waals surface area (Å²) in [6.45, 7) is 5.34. The molecule has 0 aliphatic rings. The molecule has 0 amide bonds. The van der Waals surface area contributed by atoms with Crippen molar-refractivity contribution in [2.75, 3.05) is 54.1 Å². The van der Waals surface area contributed by atoms with Crippen molar-refractivity contribution in [2.45, 2.75) is 148 Å². The number of hydrogen-bond acceptors (Lipinski definition) is 6. The van der Waals surface area contributed by atoms with Crippen LogP contribution < -0.4 is 0 Å². The van der Waals surface area contributed by atoms with E-state index in [1.807, 2.05) is 33.3 Å². The van der Waals surface area contributed by atoms with Gasteiger partial charge >= 0.3 is 13.8 Å². The van der Waals surface area contributed by atoms with Crippen molar-refractivity contribution < 1.29 is 37.3 Å². The van der Waals surface area contributed by atoms with E-state index < -0.39 is 19.9 Å². The van der Waals surface area contributed by atoms with Crippen LogP contribution in [0.25, 0.3) is 0 Å². The van der Waals surface area contributed by atoms with E-state index in [9.17, 15) is 14.3 Å². The van der Waals surface area contributed by atoms with Gasteiger partial charge in [0, 0.05) is 13.0 Å². The van der Waals surface area contributed by atoms with Gasteiger partial charge in [0.25, 0.3) is 0 Å². The molecule has 0 aromatic carbocycles. The fourth-order valence-corrected chi connectivity index (χ4v) is 5.81. The Hall–Kier alpha value is -2.06. The number of phosphoric ester groups is 1. The van der Waals surface area contributed by atoms with Gasteiger partial charge in [-0.3, -0.25) is 13.8 Å². The van der Waals surface area contributed by atoms with Crippen LogP contribution >= 0.6 is 7.82 Å². The molecule has 0 saturated heterocycles. The summed E-state index contributed by atoms with van der Waals surface area (Å²) < 4.78 is 34.8. The lowest BCUT2D eigenvalue weighted by Gasteiger charge is -2.24. The molecule has 0 bridgehead atoms. The van der Waals surface area contributed by atoms with Gasteiger partial charge in [0.1, 0.15) is 19.3 Å². The monoisotopic (exact) mass is 765 g/mol. The second-order valence-electron chi connectivity index (χ2n) is 14.6. The first-order valence-corrected chi connectivity index (χ1v) is 22.2. The molecule has 0 heterocycles. The Bertz CT molecular complexity index is 1070. The minimum Gasteiger partial charge on any atom is -0.457 e. The summed E-state index contributed by atoms with van der Waals surface area (Å²) in [5.74, 6) is -0.398. The molecule has 53 heavy (non-hydrogen) atoms. The fraction of sp³-hybridized carbons (Fsp3) is 0.705. The number of likely N-dealkylation sites (N-methyl/N-ethyl adjacent to an activating group) is 1. The van der Waals surface area contributed by atoms with Crippen LogP contribution in [0, 0.1) is 0 Å². The average Bonchev–Trinajstić information content (AvgIpc) is 3.11. The molecule has 9 heteroatoms. The standard InChI is InChI=1S/C44H78NO7P/c1-6-8-10-12-14-16-18-20-21-22-23-24-26-28-30-32-34-36-39-49-41-43(42-51-53(47,48)50-40-38-45(3,4)5)52-44(46)37-35-33-31-29-27-25-19-17-15-13-11-9-7-2/h9,11,14-17,20-21,25,27,31,33,43H,6-8,10,12-13,18-19,22-24,26,28-30,32,34-42H2,1-5H3/p+1/b11-9-,16-14-,17-15-,21-20-,27-25-,33-31-. The maximum atomic E-state index is 12.6. The maximum Gasteiger partial charge on any atom is 0.472 e. The van der Waals surface area contributed by atoms with Gasteiger partial charge in [-0.05, 0) is 70.6 Å². The smallest absolute Gasteiger partial charge is 0.457 e. The lowest BCUT2D eigenvalue weighted by molar-refractivity contribution is -0.870. The molecule has 0 rings (SSSR count). The number of quaternary nitrogens is 1. The topological polar surface area (TPSA) is 91.3 Å². The van der Waals surface area contributed by atoms with E-state index in [4.69, 9.17) is 18.5 Å². The van der Waals surface area contributed by atoms with Crippen molar-refractivity contribution >= 4 is 13.8 Å². The Kier molecular flexibility index (Phi) is 35.5. The number of hydrogen-bond donors (Lipinski definition) is 1. The molecule has 1 N–H and O–H groups in total. The Morgan fingerprint density at radius 1 is 0.604 bits per heavy atom. The molecule has 0 fully saturated rings. The number of allylic oxidation sites excluding steroid dienone is 12. The minimum atomic E-state index is -4.29. The molecule has 0 aliphatic heterocycles. The first-order chi connectivity index (χ1) is 25.6. The Balaban J connectivity index is 4.35. The molecule has 0 aromatic rings. The third-order valence-electron chi connectivity index (χ3n) is 8.27. The van der Waals surface area contributed by atoms with Crippen molar-refractivity contribution in [3.8, 4) is 0 Å². The molecule has 306 valence electrons. The highest BCUT2D eigenvalue weighted by Gasteiger charge is 2.26. The Morgan fingerprint density at radius 3 is 1.64 bits per heavy atom. The molecule has 2 atom stereocenters. The van der Waals surface area contributed by atoms with E-state index in [2.05, 4.69) is 74.6 Å². The van der Waals surface area contributed by atoms with E-state index in [1.54, 1.807) is 0 Å². The SMILES string of the molecule is CC/C=C\C/C=C\C/C=C\C/C=C\CCC(=O)OC(COCCCCCCCCCC/C=C\C/C=C\CCCCC)COP(=O)(O)OCC[N+](C)(C)C. The van der Waals surface area contributed by atoms with Crippen molar-refractivity contribution in [3.63, 3.8) is 0 Å². The fourth-order valence-electron chi connectivity index (χ4n) is 5.07. The molecule has 0 spiro atoms. The number of nitrogens with zero attached hydrogens (tertiary/aromatic N) is 1. The third kappa shape index (κ3) is 41.0. The van der Waals surface area contributed by atoms with Gasteiger partial charge < -0.3 is 18.9 Å². The quantitative estimate of drug-likeness (QED) is 0.0221. The second-order valence-corrected chi connectivity index (χ2v) is 16.1. The first kappa shape index (κ1) is 50.9. The molecular formula is C44H79NO7P+. The van der Waals surface area contributed by atoms with Crippen LogP contribution in [0.4, 0.5) is 0 Å². The minimum absolute atomic E-state index is 0.0712. The molecule has 0 radical (unpaired) electrons. The van der Waals surface area contributed by atoms with E-state index >= 15 is 0 Å². The zero-order valence-corrected chi connectivity index (χ0v) is 35.4. The number of rotatable bonds is 37. The molecule has 0 saturated carbocycles. The van der Waals surface area contributed by atoms with Gasteiger partial charge in [0.2, 0.25) is 0 Å². The largest absolute Gasteiger partial charge is 0.472 e. The van der Waals surface area contributed by atoms with E-state index in [0.717, 1.165) is 44.9 Å². The highest BCUT2D eigenvalue weighted by Crippen LogP contribution is 2.43. The summed E-state index contributed by atoms with van der Waals surface area (Å²) in [6, 6.07) is 0. The van der Waals surface area contributed by atoms with Gasteiger partial charge in [-0.15, -0.1) is 0 Å². The van der Waals surface area contributed by atoms with E-state index in [0.29, 0.717) is 24.1 Å². The highest BCUT2D eigenvalue weighted by molar-refractivity contribution is 7.47. The third-order valence-corrected chi connectivity index (χ3v) is 9.25. The zero-order chi connectivity index (χ0) is 39.1. The van der Waals surface area contributed by atoms with Gasteiger partial charge in [-0.2, -0.15) is 0 Å². The second kappa shape index (κ2) is 36.9. The molecule has 0 aliphatic carbocycles.